The summed E-state index contributed by atoms with van der Waals surface area (Å²) in [6.45, 7) is 2.08. The third-order valence-corrected chi connectivity index (χ3v) is 2.22. The van der Waals surface area contributed by atoms with Crippen molar-refractivity contribution in [2.24, 2.45) is 0 Å². The van der Waals surface area contributed by atoms with Crippen molar-refractivity contribution in [2.45, 2.75) is 12.6 Å². The topological polar surface area (TPSA) is 98.7 Å². The first kappa shape index (κ1) is 18.2. The Bertz CT molecular complexity index is 360. The summed E-state index contributed by atoms with van der Waals surface area (Å²) < 4.78 is 31.7. The summed E-state index contributed by atoms with van der Waals surface area (Å²) in [7, 11) is 1.80. The van der Waals surface area contributed by atoms with Crippen LogP contribution in [0.2, 0.25) is 0 Å². The molecule has 1 saturated heterocycles. The van der Waals surface area contributed by atoms with E-state index in [1.807, 2.05) is 0 Å². The fraction of sp³-hybridized carbons (Fsp3) is 0.700. The second-order valence-electron chi connectivity index (χ2n) is 3.82. The summed E-state index contributed by atoms with van der Waals surface area (Å²) in [5.41, 5.74) is 0. The van der Waals surface area contributed by atoms with Gasteiger partial charge in [-0.05, 0) is 7.05 Å². The van der Waals surface area contributed by atoms with E-state index in [1.54, 1.807) is 11.9 Å². The normalized spacial score (nSPS) is 15.0. The van der Waals surface area contributed by atoms with E-state index in [9.17, 15) is 22.8 Å². The van der Waals surface area contributed by atoms with Gasteiger partial charge in [0.05, 0.1) is 6.54 Å². The Morgan fingerprint density at radius 1 is 1.45 bits per heavy atom. The molecule has 1 aliphatic rings. The summed E-state index contributed by atoms with van der Waals surface area (Å²) in [5.74, 6) is -2.78. The smallest absolute Gasteiger partial charge is 0.475 e. The molecule has 0 aromatic heterocycles. The monoisotopic (exact) mass is 299 g/mol. The van der Waals surface area contributed by atoms with Crippen molar-refractivity contribution in [1.82, 2.24) is 15.5 Å². The Labute approximate surface area is 113 Å². The molecule has 1 aliphatic heterocycles. The molecule has 1 rings (SSSR count). The molecule has 1 heterocycles. The molecular formula is C10H16F3N3O4. The Balaban J connectivity index is 0.000000441. The number of rotatable bonds is 3. The number of hydrogen-bond acceptors (Lipinski definition) is 4. The Hall–Kier alpha value is -1.84. The van der Waals surface area contributed by atoms with Crippen LogP contribution in [-0.4, -0.2) is 67.2 Å². The van der Waals surface area contributed by atoms with Crippen LogP contribution in [0.3, 0.4) is 0 Å². The zero-order valence-electron chi connectivity index (χ0n) is 10.8. The zero-order valence-corrected chi connectivity index (χ0v) is 10.8. The molecule has 20 heavy (non-hydrogen) atoms. The van der Waals surface area contributed by atoms with Gasteiger partial charge in [-0.3, -0.25) is 9.59 Å². The molecule has 0 aromatic rings. The minimum atomic E-state index is -5.08. The fourth-order valence-corrected chi connectivity index (χ4v) is 1.24. The van der Waals surface area contributed by atoms with E-state index in [4.69, 9.17) is 9.90 Å². The molecule has 0 bridgehead atoms. The summed E-state index contributed by atoms with van der Waals surface area (Å²) >= 11 is 0. The van der Waals surface area contributed by atoms with E-state index in [0.717, 1.165) is 0 Å². The van der Waals surface area contributed by atoms with Crippen LogP contribution in [0.1, 0.15) is 6.42 Å². The standard InChI is InChI=1S/C8H15N3O2.C2HF3O2/c1-9-3-2-8(13)11-5-4-10-7(12)6-11;3-2(4,5)1(6)7/h9H,2-6H2,1H3,(H,10,12);(H,6,7). The quantitative estimate of drug-likeness (QED) is 0.633. The molecule has 0 radical (unpaired) electrons. The van der Waals surface area contributed by atoms with E-state index in [1.165, 1.54) is 0 Å². The summed E-state index contributed by atoms with van der Waals surface area (Å²) in [5, 5.41) is 12.7. The first-order chi connectivity index (χ1) is 9.18. The lowest BCUT2D eigenvalue weighted by Gasteiger charge is -2.26. The van der Waals surface area contributed by atoms with Gasteiger partial charge in [-0.25, -0.2) is 4.79 Å². The van der Waals surface area contributed by atoms with Gasteiger partial charge in [0.25, 0.3) is 0 Å². The number of halogens is 3. The summed E-state index contributed by atoms with van der Waals surface area (Å²) in [6, 6.07) is 0. The van der Waals surface area contributed by atoms with Gasteiger partial charge in [0.1, 0.15) is 0 Å². The van der Waals surface area contributed by atoms with Crippen LogP contribution in [0.5, 0.6) is 0 Å². The van der Waals surface area contributed by atoms with Gasteiger partial charge in [-0.2, -0.15) is 13.2 Å². The number of amides is 2. The molecule has 1 fully saturated rings. The number of carboxylic acid groups (broad SMARTS) is 1. The maximum absolute atomic E-state index is 11.4. The number of piperazine rings is 1. The summed E-state index contributed by atoms with van der Waals surface area (Å²) in [4.78, 5) is 32.8. The third kappa shape index (κ3) is 7.56. The molecule has 7 nitrogen and oxygen atoms in total. The van der Waals surface area contributed by atoms with Gasteiger partial charge in [0.2, 0.25) is 11.8 Å². The Morgan fingerprint density at radius 3 is 2.40 bits per heavy atom. The third-order valence-electron chi connectivity index (χ3n) is 2.22. The number of carboxylic acids is 1. The number of aliphatic carboxylic acids is 1. The van der Waals surface area contributed by atoms with Gasteiger partial charge < -0.3 is 20.6 Å². The fourth-order valence-electron chi connectivity index (χ4n) is 1.24. The predicted octanol–water partition coefficient (Wildman–Crippen LogP) is -0.812. The molecule has 0 saturated carbocycles. The largest absolute Gasteiger partial charge is 0.490 e. The molecule has 3 N–H and O–H groups in total. The highest BCUT2D eigenvalue weighted by Crippen LogP contribution is 2.13. The number of nitrogens with zero attached hydrogens (tertiary/aromatic N) is 1. The van der Waals surface area contributed by atoms with Crippen molar-refractivity contribution in [3.8, 4) is 0 Å². The van der Waals surface area contributed by atoms with E-state index < -0.39 is 12.1 Å². The van der Waals surface area contributed by atoms with E-state index >= 15 is 0 Å². The van der Waals surface area contributed by atoms with Crippen molar-refractivity contribution >= 4 is 17.8 Å². The number of alkyl halides is 3. The van der Waals surface area contributed by atoms with Crippen LogP contribution in [0.25, 0.3) is 0 Å². The number of hydrogen-bond donors (Lipinski definition) is 3. The van der Waals surface area contributed by atoms with Crippen LogP contribution in [0.15, 0.2) is 0 Å². The summed E-state index contributed by atoms with van der Waals surface area (Å²) in [6.07, 6.45) is -4.62. The first-order valence-corrected chi connectivity index (χ1v) is 5.67. The van der Waals surface area contributed by atoms with Crippen LogP contribution < -0.4 is 10.6 Å². The molecule has 116 valence electrons. The zero-order chi connectivity index (χ0) is 15.8. The molecular weight excluding hydrogens is 283 g/mol. The van der Waals surface area contributed by atoms with E-state index in [-0.39, 0.29) is 18.4 Å². The second kappa shape index (κ2) is 8.35. The number of carbonyl (C=O) groups is 3. The van der Waals surface area contributed by atoms with Crippen LogP contribution in [0.4, 0.5) is 13.2 Å². The average molecular weight is 299 g/mol. The highest BCUT2D eigenvalue weighted by Gasteiger charge is 2.38. The van der Waals surface area contributed by atoms with Gasteiger partial charge in [-0.15, -0.1) is 0 Å². The van der Waals surface area contributed by atoms with Gasteiger partial charge in [-0.1, -0.05) is 0 Å². The number of carbonyl (C=O) groups excluding carboxylic acids is 2. The van der Waals surface area contributed by atoms with Crippen molar-refractivity contribution in [3.05, 3.63) is 0 Å². The lowest BCUT2D eigenvalue weighted by Crippen LogP contribution is -2.50. The molecule has 2 amide bonds. The van der Waals surface area contributed by atoms with Gasteiger partial charge >= 0.3 is 12.1 Å². The van der Waals surface area contributed by atoms with Crippen molar-refractivity contribution in [3.63, 3.8) is 0 Å². The van der Waals surface area contributed by atoms with Crippen molar-refractivity contribution in [2.75, 3.05) is 33.2 Å². The maximum Gasteiger partial charge on any atom is 0.490 e. The average Bonchev–Trinajstić information content (AvgIpc) is 2.35. The molecule has 0 spiro atoms. The molecule has 10 heteroatoms. The number of nitrogens with one attached hydrogen (secondary N) is 2. The minimum Gasteiger partial charge on any atom is -0.475 e. The van der Waals surface area contributed by atoms with Gasteiger partial charge in [0, 0.05) is 26.1 Å². The predicted molar refractivity (Wildman–Crippen MR) is 61.8 cm³/mol. The van der Waals surface area contributed by atoms with Crippen molar-refractivity contribution in [1.29, 1.82) is 0 Å². The second-order valence-corrected chi connectivity index (χ2v) is 3.82. The van der Waals surface area contributed by atoms with Crippen LogP contribution in [-0.2, 0) is 14.4 Å². The first-order valence-electron chi connectivity index (χ1n) is 5.67. The molecule has 0 atom stereocenters. The van der Waals surface area contributed by atoms with Gasteiger partial charge in [0.15, 0.2) is 0 Å². The van der Waals surface area contributed by atoms with E-state index in [2.05, 4.69) is 10.6 Å². The highest BCUT2D eigenvalue weighted by molar-refractivity contribution is 5.85. The SMILES string of the molecule is CNCCC(=O)N1CCNC(=O)C1.O=C(O)C(F)(F)F. The lowest BCUT2D eigenvalue weighted by molar-refractivity contribution is -0.192. The highest BCUT2D eigenvalue weighted by atomic mass is 19.4. The van der Waals surface area contributed by atoms with Crippen molar-refractivity contribution < 1.29 is 32.7 Å². The van der Waals surface area contributed by atoms with Crippen LogP contribution in [0, 0.1) is 0 Å². The van der Waals surface area contributed by atoms with E-state index in [0.29, 0.717) is 26.1 Å². The Kier molecular flexibility index (Phi) is 7.59. The maximum atomic E-state index is 11.4. The molecule has 0 aliphatic carbocycles. The minimum absolute atomic E-state index is 0.0456. The van der Waals surface area contributed by atoms with Crippen LogP contribution >= 0.6 is 0 Å². The Morgan fingerprint density at radius 2 is 2.00 bits per heavy atom. The molecule has 0 unspecified atom stereocenters. The lowest BCUT2D eigenvalue weighted by atomic mass is 10.3. The molecule has 0 aromatic carbocycles.